The van der Waals surface area contributed by atoms with Crippen LogP contribution in [0.1, 0.15) is 38.7 Å². The zero-order chi connectivity index (χ0) is 13.4. The predicted octanol–water partition coefficient (Wildman–Crippen LogP) is 4.20. The molecule has 0 saturated carbocycles. The highest BCUT2D eigenvalue weighted by molar-refractivity contribution is 6.31. The van der Waals surface area contributed by atoms with E-state index in [1.807, 2.05) is 25.1 Å². The number of halogens is 1. The summed E-state index contributed by atoms with van der Waals surface area (Å²) in [5.41, 5.74) is 1.06. The van der Waals surface area contributed by atoms with Gasteiger partial charge in [0.1, 0.15) is 12.4 Å². The van der Waals surface area contributed by atoms with Gasteiger partial charge in [-0.25, -0.2) is 0 Å². The van der Waals surface area contributed by atoms with Crippen molar-refractivity contribution in [2.75, 3.05) is 13.2 Å². The minimum atomic E-state index is 0.436. The topological polar surface area (TPSA) is 21.3 Å². The van der Waals surface area contributed by atoms with Crippen molar-refractivity contribution in [3.8, 4) is 5.75 Å². The van der Waals surface area contributed by atoms with Crippen molar-refractivity contribution in [1.82, 2.24) is 5.32 Å². The van der Waals surface area contributed by atoms with Crippen molar-refractivity contribution in [2.24, 2.45) is 0 Å². The maximum atomic E-state index is 5.99. The van der Waals surface area contributed by atoms with Gasteiger partial charge in [0.05, 0.1) is 0 Å². The molecule has 3 heteroatoms. The van der Waals surface area contributed by atoms with Gasteiger partial charge in [-0.05, 0) is 50.1 Å². The lowest BCUT2D eigenvalue weighted by molar-refractivity contribution is 0.256. The van der Waals surface area contributed by atoms with Crippen LogP contribution in [0.25, 0.3) is 0 Å². The van der Waals surface area contributed by atoms with Crippen molar-refractivity contribution >= 4 is 11.6 Å². The summed E-state index contributed by atoms with van der Waals surface area (Å²) in [6, 6.07) is 6.25. The van der Waals surface area contributed by atoms with Gasteiger partial charge < -0.3 is 10.1 Å². The van der Waals surface area contributed by atoms with Gasteiger partial charge in [0, 0.05) is 11.1 Å². The molecule has 1 atom stereocenters. The lowest BCUT2D eigenvalue weighted by Gasteiger charge is -2.18. The summed E-state index contributed by atoms with van der Waals surface area (Å²) >= 11 is 5.99. The molecule has 0 aliphatic heterocycles. The summed E-state index contributed by atoms with van der Waals surface area (Å²) < 4.78 is 5.83. The molecule has 18 heavy (non-hydrogen) atoms. The Balaban J connectivity index is 2.47. The highest BCUT2D eigenvalue weighted by Gasteiger charge is 2.07. The van der Waals surface area contributed by atoms with Gasteiger partial charge in [0.2, 0.25) is 0 Å². The first-order valence-electron chi connectivity index (χ1n) is 6.79. The van der Waals surface area contributed by atoms with Crippen LogP contribution in [0.15, 0.2) is 18.2 Å². The third kappa shape index (κ3) is 5.28. The maximum absolute atomic E-state index is 5.99. The van der Waals surface area contributed by atoms with Gasteiger partial charge in [0.25, 0.3) is 0 Å². The largest absolute Gasteiger partial charge is 0.492 e. The summed E-state index contributed by atoms with van der Waals surface area (Å²) in [4.78, 5) is 0. The van der Waals surface area contributed by atoms with Crippen molar-refractivity contribution in [3.63, 3.8) is 0 Å². The Hall–Kier alpha value is -0.730. The SMILES string of the molecule is CCCNC(CCC)COc1ccc(Cl)c(C)c1. The molecule has 1 aromatic carbocycles. The minimum absolute atomic E-state index is 0.436. The molecule has 0 heterocycles. The fourth-order valence-corrected chi connectivity index (χ4v) is 1.96. The molecule has 1 N–H and O–H groups in total. The molecule has 0 saturated heterocycles. The first-order valence-corrected chi connectivity index (χ1v) is 7.17. The molecule has 2 nitrogen and oxygen atoms in total. The summed E-state index contributed by atoms with van der Waals surface area (Å²) in [5.74, 6) is 0.899. The van der Waals surface area contributed by atoms with E-state index in [4.69, 9.17) is 16.3 Å². The quantitative estimate of drug-likeness (QED) is 0.764. The number of rotatable bonds is 8. The van der Waals surface area contributed by atoms with Crippen molar-refractivity contribution < 1.29 is 4.74 Å². The first-order chi connectivity index (χ1) is 8.67. The van der Waals surface area contributed by atoms with Gasteiger partial charge in [0.15, 0.2) is 0 Å². The summed E-state index contributed by atoms with van der Waals surface area (Å²) in [6.07, 6.45) is 3.47. The second-order valence-corrected chi connectivity index (χ2v) is 5.07. The van der Waals surface area contributed by atoms with E-state index in [0.717, 1.165) is 42.3 Å². The van der Waals surface area contributed by atoms with E-state index < -0.39 is 0 Å². The lowest BCUT2D eigenvalue weighted by atomic mass is 10.2. The number of benzene rings is 1. The molecule has 1 unspecified atom stereocenters. The first kappa shape index (κ1) is 15.3. The van der Waals surface area contributed by atoms with Gasteiger partial charge in [-0.1, -0.05) is 31.9 Å². The second-order valence-electron chi connectivity index (χ2n) is 4.66. The number of aryl methyl sites for hydroxylation is 1. The molecule has 0 amide bonds. The Morgan fingerprint density at radius 2 is 2.06 bits per heavy atom. The van der Waals surface area contributed by atoms with E-state index in [9.17, 15) is 0 Å². The van der Waals surface area contributed by atoms with Crippen LogP contribution in [0.3, 0.4) is 0 Å². The third-order valence-electron chi connectivity index (χ3n) is 2.90. The van der Waals surface area contributed by atoms with Gasteiger partial charge >= 0.3 is 0 Å². The fraction of sp³-hybridized carbons (Fsp3) is 0.600. The Morgan fingerprint density at radius 1 is 1.28 bits per heavy atom. The van der Waals surface area contributed by atoms with Crippen LogP contribution in [-0.4, -0.2) is 19.2 Å². The minimum Gasteiger partial charge on any atom is -0.492 e. The standard InChI is InChI=1S/C15H24ClNO/c1-4-6-13(17-9-5-2)11-18-14-7-8-15(16)12(3)10-14/h7-8,10,13,17H,4-6,9,11H2,1-3H3. The summed E-state index contributed by atoms with van der Waals surface area (Å²) in [5, 5.41) is 4.30. The number of ether oxygens (including phenoxy) is 1. The van der Waals surface area contributed by atoms with E-state index in [1.165, 1.54) is 6.42 Å². The molecule has 0 fully saturated rings. The molecule has 0 spiro atoms. The Kier molecular flexibility index (Phi) is 7.14. The Labute approximate surface area is 116 Å². The highest BCUT2D eigenvalue weighted by atomic mass is 35.5. The highest BCUT2D eigenvalue weighted by Crippen LogP contribution is 2.21. The van der Waals surface area contributed by atoms with Crippen LogP contribution >= 0.6 is 11.6 Å². The molecule has 0 bridgehead atoms. The van der Waals surface area contributed by atoms with Crippen LogP contribution in [0.5, 0.6) is 5.75 Å². The van der Waals surface area contributed by atoms with Crippen LogP contribution in [-0.2, 0) is 0 Å². The lowest BCUT2D eigenvalue weighted by Crippen LogP contribution is -2.35. The molecule has 0 aliphatic carbocycles. The fourth-order valence-electron chi connectivity index (χ4n) is 1.85. The van der Waals surface area contributed by atoms with Crippen LogP contribution in [0.2, 0.25) is 5.02 Å². The molecular formula is C15H24ClNO. The van der Waals surface area contributed by atoms with E-state index in [2.05, 4.69) is 19.2 Å². The third-order valence-corrected chi connectivity index (χ3v) is 3.32. The van der Waals surface area contributed by atoms with Crippen molar-refractivity contribution in [2.45, 2.75) is 46.1 Å². The number of hydrogen-bond acceptors (Lipinski definition) is 2. The van der Waals surface area contributed by atoms with E-state index >= 15 is 0 Å². The molecular weight excluding hydrogens is 246 g/mol. The van der Waals surface area contributed by atoms with Crippen molar-refractivity contribution in [1.29, 1.82) is 0 Å². The molecule has 0 radical (unpaired) electrons. The number of hydrogen-bond donors (Lipinski definition) is 1. The molecule has 1 rings (SSSR count). The van der Waals surface area contributed by atoms with E-state index in [0.29, 0.717) is 6.04 Å². The van der Waals surface area contributed by atoms with Gasteiger partial charge in [-0.2, -0.15) is 0 Å². The summed E-state index contributed by atoms with van der Waals surface area (Å²) in [6.45, 7) is 8.14. The Morgan fingerprint density at radius 3 is 2.67 bits per heavy atom. The maximum Gasteiger partial charge on any atom is 0.119 e. The molecule has 0 aromatic heterocycles. The summed E-state index contributed by atoms with van der Waals surface area (Å²) in [7, 11) is 0. The van der Waals surface area contributed by atoms with Crippen LogP contribution < -0.4 is 10.1 Å². The normalized spacial score (nSPS) is 12.4. The van der Waals surface area contributed by atoms with E-state index in [-0.39, 0.29) is 0 Å². The Bertz CT molecular complexity index is 354. The van der Waals surface area contributed by atoms with Crippen LogP contribution in [0, 0.1) is 6.92 Å². The van der Waals surface area contributed by atoms with Gasteiger partial charge in [-0.3, -0.25) is 0 Å². The average Bonchev–Trinajstić information content (AvgIpc) is 2.37. The molecule has 102 valence electrons. The van der Waals surface area contributed by atoms with E-state index in [1.54, 1.807) is 0 Å². The van der Waals surface area contributed by atoms with Gasteiger partial charge in [-0.15, -0.1) is 0 Å². The molecule has 0 aliphatic rings. The number of nitrogens with one attached hydrogen (secondary N) is 1. The zero-order valence-corrected chi connectivity index (χ0v) is 12.4. The predicted molar refractivity (Wildman–Crippen MR) is 78.7 cm³/mol. The zero-order valence-electron chi connectivity index (χ0n) is 11.6. The van der Waals surface area contributed by atoms with Crippen molar-refractivity contribution in [3.05, 3.63) is 28.8 Å². The average molecular weight is 270 g/mol. The van der Waals surface area contributed by atoms with Crippen LogP contribution in [0.4, 0.5) is 0 Å². The molecule has 1 aromatic rings. The monoisotopic (exact) mass is 269 g/mol. The smallest absolute Gasteiger partial charge is 0.119 e. The second kappa shape index (κ2) is 8.39.